The number of halogens is 1. The summed E-state index contributed by atoms with van der Waals surface area (Å²) in [7, 11) is 0. The van der Waals surface area contributed by atoms with E-state index in [1.54, 1.807) is 46.6 Å². The first kappa shape index (κ1) is 22.4. The van der Waals surface area contributed by atoms with E-state index in [2.05, 4.69) is 0 Å². The molecule has 2 amide bonds. The van der Waals surface area contributed by atoms with Crippen LogP contribution in [0.3, 0.4) is 0 Å². The predicted octanol–water partition coefficient (Wildman–Crippen LogP) is 4.64. The second-order valence-electron chi connectivity index (χ2n) is 8.69. The molecule has 0 radical (unpaired) electrons. The van der Waals surface area contributed by atoms with E-state index in [0.29, 0.717) is 23.6 Å². The van der Waals surface area contributed by atoms with Gasteiger partial charge < -0.3 is 19.3 Å². The third-order valence-electron chi connectivity index (χ3n) is 6.28. The number of nitrogens with zero attached hydrogens (tertiary/aromatic N) is 2. The predicted molar refractivity (Wildman–Crippen MR) is 127 cm³/mol. The van der Waals surface area contributed by atoms with Gasteiger partial charge in [0.15, 0.2) is 11.5 Å². The summed E-state index contributed by atoms with van der Waals surface area (Å²) in [5.74, 6) is 0.425. The van der Waals surface area contributed by atoms with Crippen molar-refractivity contribution in [3.8, 4) is 11.5 Å². The Hall–Kier alpha value is -3.39. The summed E-state index contributed by atoms with van der Waals surface area (Å²) in [6.07, 6.45) is 0.758. The minimum absolute atomic E-state index is 0.0535. The lowest BCUT2D eigenvalue weighted by atomic mass is 9.93. The summed E-state index contributed by atoms with van der Waals surface area (Å²) < 4.78 is 24.3. The largest absolute Gasteiger partial charge is 0.454 e. The Kier molecular flexibility index (Phi) is 6.00. The quantitative estimate of drug-likeness (QED) is 0.534. The third-order valence-corrected chi connectivity index (χ3v) is 7.28. The van der Waals surface area contributed by atoms with E-state index < -0.39 is 0 Å². The molecule has 0 bridgehead atoms. The summed E-state index contributed by atoms with van der Waals surface area (Å²) >= 11 is 1.67. The van der Waals surface area contributed by atoms with Crippen LogP contribution in [-0.2, 0) is 11.2 Å². The molecule has 0 saturated carbocycles. The van der Waals surface area contributed by atoms with Crippen molar-refractivity contribution in [1.82, 2.24) is 9.80 Å². The maximum Gasteiger partial charge on any atom is 0.254 e. The van der Waals surface area contributed by atoms with Crippen molar-refractivity contribution in [1.29, 1.82) is 0 Å². The van der Waals surface area contributed by atoms with Gasteiger partial charge in [-0.05, 0) is 73.2 Å². The highest BCUT2D eigenvalue weighted by Gasteiger charge is 2.34. The molecule has 3 aromatic rings. The molecule has 1 atom stereocenters. The number of thiophene rings is 1. The van der Waals surface area contributed by atoms with Crippen molar-refractivity contribution >= 4 is 23.2 Å². The van der Waals surface area contributed by atoms with Gasteiger partial charge in [0, 0.05) is 23.0 Å². The van der Waals surface area contributed by atoms with E-state index in [0.717, 1.165) is 17.5 Å². The van der Waals surface area contributed by atoms with Gasteiger partial charge in [0.1, 0.15) is 12.4 Å². The molecule has 2 aliphatic heterocycles. The Morgan fingerprint density at radius 1 is 1.12 bits per heavy atom. The lowest BCUT2D eigenvalue weighted by molar-refractivity contribution is -0.134. The first-order valence-corrected chi connectivity index (χ1v) is 12.1. The maximum absolute atomic E-state index is 13.6. The maximum atomic E-state index is 13.6. The van der Waals surface area contributed by atoms with Crippen LogP contribution >= 0.6 is 11.3 Å². The summed E-state index contributed by atoms with van der Waals surface area (Å²) in [5.41, 5.74) is 2.36. The van der Waals surface area contributed by atoms with Gasteiger partial charge in [-0.3, -0.25) is 9.59 Å². The fourth-order valence-electron chi connectivity index (χ4n) is 4.51. The summed E-state index contributed by atoms with van der Waals surface area (Å²) in [6.45, 7) is 4.40. The van der Waals surface area contributed by atoms with E-state index in [1.165, 1.54) is 17.0 Å². The highest BCUT2D eigenvalue weighted by atomic mass is 32.1. The molecule has 8 heteroatoms. The molecule has 2 aromatic carbocycles. The lowest BCUT2D eigenvalue weighted by Crippen LogP contribution is -2.48. The van der Waals surface area contributed by atoms with Crippen molar-refractivity contribution in [2.24, 2.45) is 0 Å². The first-order valence-electron chi connectivity index (χ1n) is 11.2. The molecule has 176 valence electrons. The van der Waals surface area contributed by atoms with E-state index in [9.17, 15) is 14.0 Å². The Morgan fingerprint density at radius 3 is 2.65 bits per heavy atom. The standard InChI is InChI=1S/C26H25FN2O4S/c1-16(2)29(26(31)18-5-8-21-22(13-18)33-15-32-21)14-24(30)28-11-9-23-20(10-12-34-23)25(28)17-3-6-19(27)7-4-17/h3-8,10,12-13,16,25H,9,11,14-15H2,1-2H3. The fourth-order valence-corrected chi connectivity index (χ4v) is 5.41. The number of amides is 2. The highest BCUT2D eigenvalue weighted by molar-refractivity contribution is 7.10. The molecular weight excluding hydrogens is 455 g/mol. The number of carbonyl (C=O) groups is 2. The lowest BCUT2D eigenvalue weighted by Gasteiger charge is -2.38. The molecule has 0 N–H and O–H groups in total. The monoisotopic (exact) mass is 480 g/mol. The van der Waals surface area contributed by atoms with Crippen molar-refractivity contribution in [2.45, 2.75) is 32.4 Å². The van der Waals surface area contributed by atoms with Crippen LogP contribution in [0.4, 0.5) is 4.39 Å². The molecule has 1 unspecified atom stereocenters. The molecule has 6 nitrogen and oxygen atoms in total. The van der Waals surface area contributed by atoms with Gasteiger partial charge in [-0.2, -0.15) is 0 Å². The SMILES string of the molecule is CC(C)N(CC(=O)N1CCc2sccc2C1c1ccc(F)cc1)C(=O)c1ccc2c(c1)OCO2. The molecule has 5 rings (SSSR count). The second kappa shape index (κ2) is 9.10. The minimum Gasteiger partial charge on any atom is -0.454 e. The van der Waals surface area contributed by atoms with Crippen molar-refractivity contribution in [3.63, 3.8) is 0 Å². The van der Waals surface area contributed by atoms with E-state index in [-0.39, 0.29) is 43.1 Å². The van der Waals surface area contributed by atoms with Gasteiger partial charge in [-0.1, -0.05) is 12.1 Å². The second-order valence-corrected chi connectivity index (χ2v) is 9.69. The summed E-state index contributed by atoms with van der Waals surface area (Å²) in [5, 5.41) is 2.03. The fraction of sp³-hybridized carbons (Fsp3) is 0.308. The molecule has 34 heavy (non-hydrogen) atoms. The minimum atomic E-state index is -0.316. The average Bonchev–Trinajstić information content (AvgIpc) is 3.50. The van der Waals surface area contributed by atoms with Gasteiger partial charge in [-0.15, -0.1) is 11.3 Å². The van der Waals surface area contributed by atoms with Crippen LogP contribution in [0.1, 0.15) is 46.3 Å². The van der Waals surface area contributed by atoms with Crippen LogP contribution in [0.25, 0.3) is 0 Å². The van der Waals surface area contributed by atoms with Crippen LogP contribution in [-0.4, -0.2) is 47.5 Å². The van der Waals surface area contributed by atoms with Gasteiger partial charge in [0.05, 0.1) is 6.04 Å². The number of hydrogen-bond acceptors (Lipinski definition) is 5. The van der Waals surface area contributed by atoms with Gasteiger partial charge >= 0.3 is 0 Å². The Labute approximate surface area is 201 Å². The van der Waals surface area contributed by atoms with Crippen LogP contribution in [0.2, 0.25) is 0 Å². The zero-order chi connectivity index (χ0) is 23.8. The molecule has 0 fully saturated rings. The van der Waals surface area contributed by atoms with Gasteiger partial charge in [0.25, 0.3) is 5.91 Å². The average molecular weight is 481 g/mol. The smallest absolute Gasteiger partial charge is 0.254 e. The molecule has 3 heterocycles. The van der Waals surface area contributed by atoms with Gasteiger partial charge in [-0.25, -0.2) is 4.39 Å². The molecule has 1 aromatic heterocycles. The van der Waals surface area contributed by atoms with Crippen LogP contribution in [0.15, 0.2) is 53.9 Å². The number of carbonyl (C=O) groups excluding carboxylic acids is 2. The van der Waals surface area contributed by atoms with Gasteiger partial charge in [0.2, 0.25) is 12.7 Å². The summed E-state index contributed by atoms with van der Waals surface area (Å²) in [4.78, 5) is 31.6. The Balaban J connectivity index is 1.41. The third kappa shape index (κ3) is 4.14. The van der Waals surface area contributed by atoms with Crippen LogP contribution in [0.5, 0.6) is 11.5 Å². The Morgan fingerprint density at radius 2 is 1.88 bits per heavy atom. The molecule has 0 spiro atoms. The number of fused-ring (bicyclic) bond motifs is 2. The van der Waals surface area contributed by atoms with E-state index in [4.69, 9.17) is 9.47 Å². The number of hydrogen-bond donors (Lipinski definition) is 0. The van der Waals surface area contributed by atoms with E-state index in [1.807, 2.05) is 30.2 Å². The van der Waals surface area contributed by atoms with Crippen LogP contribution < -0.4 is 9.47 Å². The topological polar surface area (TPSA) is 59.1 Å². The molecule has 2 aliphatic rings. The molecular formula is C26H25FN2O4S. The van der Waals surface area contributed by atoms with Crippen molar-refractivity contribution in [3.05, 3.63) is 81.3 Å². The highest BCUT2D eigenvalue weighted by Crippen LogP contribution is 2.38. The molecule has 0 aliphatic carbocycles. The normalized spacial score (nSPS) is 16.5. The number of benzene rings is 2. The van der Waals surface area contributed by atoms with Crippen molar-refractivity contribution in [2.75, 3.05) is 19.9 Å². The number of rotatable bonds is 5. The Bertz CT molecular complexity index is 1220. The van der Waals surface area contributed by atoms with Crippen molar-refractivity contribution < 1.29 is 23.5 Å². The van der Waals surface area contributed by atoms with Crippen LogP contribution in [0, 0.1) is 5.82 Å². The zero-order valence-electron chi connectivity index (χ0n) is 19.0. The van der Waals surface area contributed by atoms with E-state index >= 15 is 0 Å². The summed E-state index contributed by atoms with van der Waals surface area (Å²) in [6, 6.07) is 12.9. The zero-order valence-corrected chi connectivity index (χ0v) is 19.8. The molecule has 0 saturated heterocycles. The number of ether oxygens (including phenoxy) is 2. The first-order chi connectivity index (χ1) is 16.4.